The third kappa shape index (κ3) is 4.79. The van der Waals surface area contributed by atoms with Crippen molar-refractivity contribution in [1.82, 2.24) is 0 Å². The Balaban J connectivity index is 1.30. The van der Waals surface area contributed by atoms with Gasteiger partial charge in [-0.3, -0.25) is 5.32 Å². The minimum absolute atomic E-state index is 0.499. The Morgan fingerprint density at radius 2 is 1.28 bits per heavy atom. The zero-order valence-corrected chi connectivity index (χ0v) is 16.1. The van der Waals surface area contributed by atoms with Gasteiger partial charge < -0.3 is 20.3 Å². The number of nitrogens with zero attached hydrogens (tertiary/aromatic N) is 2. The summed E-state index contributed by atoms with van der Waals surface area (Å²) in [7, 11) is 0. The average Bonchev–Trinajstić information content (AvgIpc) is 2.76. The molecule has 6 nitrogen and oxygen atoms in total. The zero-order chi connectivity index (χ0) is 20.1. The third-order valence-corrected chi connectivity index (χ3v) is 4.97. The number of nitrogen functional groups attached to an aromatic ring is 1. The van der Waals surface area contributed by atoms with E-state index in [1.807, 2.05) is 54.6 Å². The van der Waals surface area contributed by atoms with Crippen molar-refractivity contribution in [3.63, 3.8) is 0 Å². The molecule has 1 fully saturated rings. The van der Waals surface area contributed by atoms with Gasteiger partial charge in [-0.1, -0.05) is 18.2 Å². The van der Waals surface area contributed by atoms with Gasteiger partial charge in [-0.15, -0.1) is 0 Å². The number of carbonyl (C=O) groups excluding carboxylic acids is 1. The normalized spacial score (nSPS) is 13.8. The highest BCUT2D eigenvalue weighted by molar-refractivity contribution is 5.86. The zero-order valence-electron chi connectivity index (χ0n) is 16.1. The van der Waals surface area contributed by atoms with Crippen molar-refractivity contribution in [2.75, 3.05) is 47.0 Å². The molecule has 3 N–H and O–H groups in total. The maximum Gasteiger partial charge on any atom is 0.417 e. The van der Waals surface area contributed by atoms with E-state index >= 15 is 0 Å². The molecular formula is C23H24N4O2. The summed E-state index contributed by atoms with van der Waals surface area (Å²) in [5, 5.41) is 2.76. The molecule has 1 amide bonds. The monoisotopic (exact) mass is 388 g/mol. The molecule has 3 aromatic rings. The number of amides is 1. The maximum atomic E-state index is 12.0. The van der Waals surface area contributed by atoms with Crippen molar-refractivity contribution < 1.29 is 9.53 Å². The predicted molar refractivity (Wildman–Crippen MR) is 118 cm³/mol. The summed E-state index contributed by atoms with van der Waals surface area (Å²) < 4.78 is 5.25. The highest BCUT2D eigenvalue weighted by Crippen LogP contribution is 2.23. The lowest BCUT2D eigenvalue weighted by molar-refractivity contribution is 0.215. The standard InChI is InChI=1S/C23H24N4O2/c24-18-6-10-20(11-7-18)26-14-16-27(17-15-26)21-12-8-19(9-13-21)25-23(28)29-22-4-2-1-3-5-22/h1-13H,14-17,24H2,(H,25,28). The second-order valence-electron chi connectivity index (χ2n) is 6.94. The number of rotatable bonds is 4. The number of carbonyl (C=O) groups is 1. The first-order valence-electron chi connectivity index (χ1n) is 9.67. The van der Waals surface area contributed by atoms with E-state index < -0.39 is 6.09 Å². The van der Waals surface area contributed by atoms with Crippen LogP contribution in [0, 0.1) is 0 Å². The number of hydrogen-bond acceptors (Lipinski definition) is 5. The molecule has 1 saturated heterocycles. The molecular weight excluding hydrogens is 364 g/mol. The molecule has 1 aliphatic rings. The Labute approximate surface area is 170 Å². The van der Waals surface area contributed by atoms with E-state index in [1.54, 1.807) is 12.1 Å². The SMILES string of the molecule is Nc1ccc(N2CCN(c3ccc(NC(=O)Oc4ccccc4)cc3)CC2)cc1. The van der Waals surface area contributed by atoms with Crippen LogP contribution in [0.15, 0.2) is 78.9 Å². The van der Waals surface area contributed by atoms with Crippen LogP contribution < -0.4 is 25.6 Å². The van der Waals surface area contributed by atoms with Crippen LogP contribution in [0.3, 0.4) is 0 Å². The second-order valence-corrected chi connectivity index (χ2v) is 6.94. The lowest BCUT2D eigenvalue weighted by Crippen LogP contribution is -2.46. The van der Waals surface area contributed by atoms with Crippen LogP contribution in [-0.2, 0) is 0 Å². The van der Waals surface area contributed by atoms with Crippen LogP contribution in [0.1, 0.15) is 0 Å². The van der Waals surface area contributed by atoms with Gasteiger partial charge in [0.05, 0.1) is 0 Å². The number of ether oxygens (including phenoxy) is 1. The molecule has 29 heavy (non-hydrogen) atoms. The van der Waals surface area contributed by atoms with Crippen molar-refractivity contribution in [1.29, 1.82) is 0 Å². The number of para-hydroxylation sites is 1. The molecule has 0 atom stereocenters. The first-order chi connectivity index (χ1) is 14.2. The highest BCUT2D eigenvalue weighted by atomic mass is 16.6. The predicted octanol–water partition coefficient (Wildman–Crippen LogP) is 4.21. The summed E-state index contributed by atoms with van der Waals surface area (Å²) in [6.07, 6.45) is -0.499. The van der Waals surface area contributed by atoms with Crippen LogP contribution in [0.4, 0.5) is 27.5 Å². The van der Waals surface area contributed by atoms with E-state index in [-0.39, 0.29) is 0 Å². The number of benzene rings is 3. The molecule has 0 spiro atoms. The van der Waals surface area contributed by atoms with Crippen molar-refractivity contribution >= 4 is 28.8 Å². The Kier molecular flexibility index (Phi) is 5.52. The summed E-state index contributed by atoms with van der Waals surface area (Å²) in [4.78, 5) is 16.7. The Bertz CT molecular complexity index is 935. The van der Waals surface area contributed by atoms with Crippen LogP contribution in [-0.4, -0.2) is 32.3 Å². The van der Waals surface area contributed by atoms with Crippen molar-refractivity contribution in [3.05, 3.63) is 78.9 Å². The van der Waals surface area contributed by atoms with E-state index in [0.29, 0.717) is 11.4 Å². The lowest BCUT2D eigenvalue weighted by Gasteiger charge is -2.37. The van der Waals surface area contributed by atoms with E-state index in [0.717, 1.165) is 37.6 Å². The minimum Gasteiger partial charge on any atom is -0.410 e. The molecule has 0 saturated carbocycles. The van der Waals surface area contributed by atoms with Crippen molar-refractivity contribution in [2.24, 2.45) is 0 Å². The summed E-state index contributed by atoms with van der Waals surface area (Å²) >= 11 is 0. The average molecular weight is 388 g/mol. The number of piperazine rings is 1. The molecule has 0 unspecified atom stereocenters. The molecule has 0 aromatic heterocycles. The molecule has 4 rings (SSSR count). The van der Waals surface area contributed by atoms with E-state index in [4.69, 9.17) is 10.5 Å². The summed E-state index contributed by atoms with van der Waals surface area (Å²) in [5.74, 6) is 0.514. The Morgan fingerprint density at radius 3 is 1.83 bits per heavy atom. The van der Waals surface area contributed by atoms with Crippen LogP contribution >= 0.6 is 0 Å². The molecule has 0 aliphatic carbocycles. The number of nitrogens with one attached hydrogen (secondary N) is 1. The Morgan fingerprint density at radius 1 is 0.759 bits per heavy atom. The molecule has 6 heteroatoms. The molecule has 1 aliphatic heterocycles. The van der Waals surface area contributed by atoms with Gasteiger partial charge in [0, 0.05) is 48.9 Å². The fraction of sp³-hybridized carbons (Fsp3) is 0.174. The number of nitrogens with two attached hydrogens (primary N) is 1. The van der Waals surface area contributed by atoms with Gasteiger partial charge in [0.2, 0.25) is 0 Å². The quantitative estimate of drug-likeness (QED) is 0.655. The maximum absolute atomic E-state index is 12.0. The summed E-state index contributed by atoms with van der Waals surface area (Å²) in [6.45, 7) is 3.78. The molecule has 0 radical (unpaired) electrons. The van der Waals surface area contributed by atoms with Crippen molar-refractivity contribution in [3.8, 4) is 5.75 Å². The van der Waals surface area contributed by atoms with Crippen LogP contribution in [0.2, 0.25) is 0 Å². The Hall–Kier alpha value is -3.67. The third-order valence-electron chi connectivity index (χ3n) is 4.97. The molecule has 148 valence electrons. The summed E-state index contributed by atoms with van der Waals surface area (Å²) in [6, 6.07) is 24.9. The van der Waals surface area contributed by atoms with Crippen molar-refractivity contribution in [2.45, 2.75) is 0 Å². The highest BCUT2D eigenvalue weighted by Gasteiger charge is 2.17. The van der Waals surface area contributed by atoms with Gasteiger partial charge in [-0.2, -0.15) is 0 Å². The second kappa shape index (κ2) is 8.56. The molecule has 0 bridgehead atoms. The number of anilines is 4. The minimum atomic E-state index is -0.499. The van der Waals surface area contributed by atoms with Crippen LogP contribution in [0.5, 0.6) is 5.75 Å². The van der Waals surface area contributed by atoms with Crippen LogP contribution in [0.25, 0.3) is 0 Å². The fourth-order valence-corrected chi connectivity index (χ4v) is 3.40. The molecule has 3 aromatic carbocycles. The van der Waals surface area contributed by atoms with E-state index in [9.17, 15) is 4.79 Å². The number of hydrogen-bond donors (Lipinski definition) is 2. The smallest absolute Gasteiger partial charge is 0.410 e. The van der Waals surface area contributed by atoms with Gasteiger partial charge in [0.15, 0.2) is 0 Å². The largest absolute Gasteiger partial charge is 0.417 e. The van der Waals surface area contributed by atoms with E-state index in [2.05, 4.69) is 27.2 Å². The van der Waals surface area contributed by atoms with Gasteiger partial charge in [0.1, 0.15) is 5.75 Å². The summed E-state index contributed by atoms with van der Waals surface area (Å²) in [5.41, 5.74) is 9.61. The van der Waals surface area contributed by atoms with Gasteiger partial charge in [-0.25, -0.2) is 4.79 Å². The first-order valence-corrected chi connectivity index (χ1v) is 9.67. The van der Waals surface area contributed by atoms with Gasteiger partial charge in [-0.05, 0) is 60.7 Å². The van der Waals surface area contributed by atoms with E-state index in [1.165, 1.54) is 5.69 Å². The fourth-order valence-electron chi connectivity index (χ4n) is 3.40. The van der Waals surface area contributed by atoms with Gasteiger partial charge >= 0.3 is 6.09 Å². The lowest BCUT2D eigenvalue weighted by atomic mass is 10.2. The first kappa shape index (κ1) is 18.7. The topological polar surface area (TPSA) is 70.8 Å². The molecule has 1 heterocycles. The van der Waals surface area contributed by atoms with Gasteiger partial charge in [0.25, 0.3) is 0 Å².